The average Bonchev–Trinajstić information content (AvgIpc) is 3.11. The van der Waals surface area contributed by atoms with E-state index in [1.807, 2.05) is 6.92 Å². The Morgan fingerprint density at radius 1 is 1.16 bits per heavy atom. The van der Waals surface area contributed by atoms with E-state index in [9.17, 15) is 9.18 Å². The number of aryl methyl sites for hydroxylation is 1. The fourth-order valence-corrected chi connectivity index (χ4v) is 3.07. The van der Waals surface area contributed by atoms with Gasteiger partial charge in [0.25, 0.3) is 5.91 Å². The van der Waals surface area contributed by atoms with E-state index in [4.69, 9.17) is 9.47 Å². The fourth-order valence-electron chi connectivity index (χ4n) is 3.07. The van der Waals surface area contributed by atoms with E-state index in [1.54, 1.807) is 25.4 Å². The maximum atomic E-state index is 14.3. The Hall–Kier alpha value is -4.08. The molecule has 4 aromatic rings. The topological polar surface area (TPSA) is 104 Å². The second-order valence-corrected chi connectivity index (χ2v) is 6.50. The number of imidazole rings is 1. The molecule has 0 spiro atoms. The highest BCUT2D eigenvalue weighted by Crippen LogP contribution is 2.29. The maximum absolute atomic E-state index is 14.3. The molecule has 0 aliphatic rings. The van der Waals surface area contributed by atoms with Crippen LogP contribution < -0.4 is 14.8 Å². The zero-order valence-electron chi connectivity index (χ0n) is 17.1. The van der Waals surface area contributed by atoms with Crippen molar-refractivity contribution in [2.45, 2.75) is 6.92 Å². The highest BCUT2D eigenvalue weighted by Gasteiger charge is 2.19. The first-order valence-electron chi connectivity index (χ1n) is 9.43. The van der Waals surface area contributed by atoms with Crippen LogP contribution in [-0.4, -0.2) is 44.1 Å². The molecule has 0 radical (unpaired) electrons. The molecule has 4 rings (SSSR count). The molecule has 31 heavy (non-hydrogen) atoms. The number of methoxy groups -OCH3 is 1. The fraction of sp³-hybridized carbons (Fsp3) is 0.190. The summed E-state index contributed by atoms with van der Waals surface area (Å²) in [6, 6.07) is 6.27. The summed E-state index contributed by atoms with van der Waals surface area (Å²) in [6.45, 7) is 2.39. The third-order valence-corrected chi connectivity index (χ3v) is 4.57. The number of anilines is 1. The predicted molar refractivity (Wildman–Crippen MR) is 112 cm³/mol. The Kier molecular flexibility index (Phi) is 5.44. The summed E-state index contributed by atoms with van der Waals surface area (Å²) in [7, 11) is 3.07. The molecule has 3 aromatic heterocycles. The number of nitrogens with one attached hydrogen (secondary N) is 1. The molecule has 1 N–H and O–H groups in total. The van der Waals surface area contributed by atoms with E-state index in [0.29, 0.717) is 35.0 Å². The normalized spacial score (nSPS) is 10.8. The largest absolute Gasteiger partial charge is 0.494 e. The van der Waals surface area contributed by atoms with Gasteiger partial charge >= 0.3 is 0 Å². The van der Waals surface area contributed by atoms with E-state index in [1.165, 1.54) is 36.2 Å². The van der Waals surface area contributed by atoms with E-state index in [2.05, 4.69) is 25.3 Å². The van der Waals surface area contributed by atoms with Crippen molar-refractivity contribution in [1.82, 2.24) is 24.5 Å². The number of hydrogen-bond acceptors (Lipinski definition) is 7. The molecule has 0 unspecified atom stereocenters. The minimum absolute atomic E-state index is 0.0749. The molecular weight excluding hydrogens is 403 g/mol. The predicted octanol–water partition coefficient (Wildman–Crippen LogP) is 3.22. The van der Waals surface area contributed by atoms with Crippen LogP contribution in [0.15, 0.2) is 42.9 Å². The number of amides is 1. The van der Waals surface area contributed by atoms with Crippen LogP contribution in [0.2, 0.25) is 0 Å². The summed E-state index contributed by atoms with van der Waals surface area (Å²) in [5.74, 6) is 0.0374. The van der Waals surface area contributed by atoms with Crippen molar-refractivity contribution in [1.29, 1.82) is 0 Å². The molecule has 158 valence electrons. The number of fused-ring (bicyclic) bond motifs is 1. The molecule has 0 bridgehead atoms. The number of rotatable bonds is 6. The SMILES string of the molecule is CCOc1ccc(-c2cncc(C(=O)Nc3nc4c(OC)ccc(F)c4n3C)n2)cn1. The Labute approximate surface area is 176 Å². The van der Waals surface area contributed by atoms with E-state index in [0.717, 1.165) is 0 Å². The summed E-state index contributed by atoms with van der Waals surface area (Å²) in [6.07, 6.45) is 4.46. The van der Waals surface area contributed by atoms with Gasteiger partial charge in [0.15, 0.2) is 0 Å². The van der Waals surface area contributed by atoms with Gasteiger partial charge in [-0.1, -0.05) is 0 Å². The van der Waals surface area contributed by atoms with Crippen molar-refractivity contribution < 1.29 is 18.7 Å². The highest BCUT2D eigenvalue weighted by molar-refractivity contribution is 6.03. The number of carbonyl (C=O) groups is 1. The molecule has 1 amide bonds. The van der Waals surface area contributed by atoms with Gasteiger partial charge in [0.1, 0.15) is 28.3 Å². The van der Waals surface area contributed by atoms with Crippen LogP contribution in [0.1, 0.15) is 17.4 Å². The second kappa shape index (κ2) is 8.34. The Bertz CT molecular complexity index is 1260. The second-order valence-electron chi connectivity index (χ2n) is 6.50. The lowest BCUT2D eigenvalue weighted by Crippen LogP contribution is -2.17. The van der Waals surface area contributed by atoms with Crippen LogP contribution in [0, 0.1) is 5.82 Å². The molecule has 0 saturated heterocycles. The number of carbonyl (C=O) groups excluding carboxylic acids is 1. The van der Waals surface area contributed by atoms with Crippen molar-refractivity contribution in [2.24, 2.45) is 7.05 Å². The number of pyridine rings is 1. The number of ether oxygens (including phenoxy) is 2. The van der Waals surface area contributed by atoms with Gasteiger partial charge in [-0.15, -0.1) is 0 Å². The molecule has 10 heteroatoms. The first-order valence-corrected chi connectivity index (χ1v) is 9.43. The number of benzene rings is 1. The van der Waals surface area contributed by atoms with E-state index >= 15 is 0 Å². The number of nitrogens with zero attached hydrogens (tertiary/aromatic N) is 5. The lowest BCUT2D eigenvalue weighted by atomic mass is 10.2. The van der Waals surface area contributed by atoms with Crippen molar-refractivity contribution in [3.05, 3.63) is 54.4 Å². The van der Waals surface area contributed by atoms with Gasteiger partial charge in [0, 0.05) is 24.9 Å². The van der Waals surface area contributed by atoms with Gasteiger partial charge in [0.05, 0.1) is 31.8 Å². The minimum Gasteiger partial charge on any atom is -0.494 e. The molecule has 1 aromatic carbocycles. The lowest BCUT2D eigenvalue weighted by Gasteiger charge is -2.07. The smallest absolute Gasteiger partial charge is 0.278 e. The summed E-state index contributed by atoms with van der Waals surface area (Å²) < 4.78 is 26.3. The Balaban J connectivity index is 1.62. The molecular formula is C21H19FN6O3. The van der Waals surface area contributed by atoms with Crippen molar-refractivity contribution in [3.63, 3.8) is 0 Å². The molecule has 3 heterocycles. The molecule has 0 aliphatic carbocycles. The number of halogens is 1. The van der Waals surface area contributed by atoms with Gasteiger partial charge in [-0.25, -0.2) is 19.3 Å². The van der Waals surface area contributed by atoms with E-state index < -0.39 is 11.7 Å². The summed E-state index contributed by atoms with van der Waals surface area (Å²) >= 11 is 0. The van der Waals surface area contributed by atoms with Gasteiger partial charge in [-0.2, -0.15) is 0 Å². The van der Waals surface area contributed by atoms with Crippen LogP contribution >= 0.6 is 0 Å². The molecule has 0 atom stereocenters. The van der Waals surface area contributed by atoms with Crippen molar-refractivity contribution in [3.8, 4) is 22.9 Å². The van der Waals surface area contributed by atoms with Crippen molar-refractivity contribution in [2.75, 3.05) is 19.0 Å². The molecule has 0 fully saturated rings. The summed E-state index contributed by atoms with van der Waals surface area (Å²) in [5, 5.41) is 2.65. The minimum atomic E-state index is -0.536. The lowest BCUT2D eigenvalue weighted by molar-refractivity contribution is 0.102. The zero-order chi connectivity index (χ0) is 22.0. The highest BCUT2D eigenvalue weighted by atomic mass is 19.1. The molecule has 0 aliphatic heterocycles. The molecule has 9 nitrogen and oxygen atoms in total. The first-order chi connectivity index (χ1) is 15.0. The monoisotopic (exact) mass is 422 g/mol. The van der Waals surface area contributed by atoms with Crippen molar-refractivity contribution >= 4 is 22.9 Å². The maximum Gasteiger partial charge on any atom is 0.278 e. The first kappa shape index (κ1) is 20.2. The quantitative estimate of drug-likeness (QED) is 0.509. The Morgan fingerprint density at radius 3 is 2.71 bits per heavy atom. The van der Waals surface area contributed by atoms with Gasteiger partial charge in [-0.3, -0.25) is 15.1 Å². The van der Waals surface area contributed by atoms with Crippen LogP contribution in [0.3, 0.4) is 0 Å². The third-order valence-electron chi connectivity index (χ3n) is 4.57. The van der Waals surface area contributed by atoms with Crippen LogP contribution in [0.5, 0.6) is 11.6 Å². The summed E-state index contributed by atoms with van der Waals surface area (Å²) in [4.78, 5) is 29.7. The van der Waals surface area contributed by atoms with Crippen LogP contribution in [-0.2, 0) is 7.05 Å². The van der Waals surface area contributed by atoms with Crippen LogP contribution in [0.25, 0.3) is 22.3 Å². The summed E-state index contributed by atoms with van der Waals surface area (Å²) in [5.41, 5.74) is 1.75. The zero-order valence-corrected chi connectivity index (χ0v) is 17.1. The van der Waals surface area contributed by atoms with Gasteiger partial charge < -0.3 is 14.0 Å². The van der Waals surface area contributed by atoms with E-state index in [-0.39, 0.29) is 17.2 Å². The van der Waals surface area contributed by atoms with Crippen LogP contribution in [0.4, 0.5) is 10.3 Å². The average molecular weight is 422 g/mol. The van der Waals surface area contributed by atoms with Gasteiger partial charge in [-0.05, 0) is 25.1 Å². The Morgan fingerprint density at radius 2 is 2.00 bits per heavy atom. The molecule has 0 saturated carbocycles. The van der Waals surface area contributed by atoms with Gasteiger partial charge in [0.2, 0.25) is 11.8 Å². The number of aromatic nitrogens is 5. The standard InChI is InChI=1S/C21H19FN6O3/c1-4-31-17-8-5-12(9-24-17)14-10-23-11-15(25-14)20(29)27-21-26-18-16(30-3)7-6-13(22)19(18)28(21)2/h5-11H,4H2,1-3H3,(H,26,27,29). The number of hydrogen-bond donors (Lipinski definition) is 1. The third kappa shape index (κ3) is 3.87.